The summed E-state index contributed by atoms with van der Waals surface area (Å²) in [6.45, 7) is 2.25. The van der Waals surface area contributed by atoms with Crippen molar-refractivity contribution in [2.24, 2.45) is 0 Å². The van der Waals surface area contributed by atoms with E-state index in [4.69, 9.17) is 0 Å². The average Bonchev–Trinajstić information content (AvgIpc) is 2.58. The van der Waals surface area contributed by atoms with Gasteiger partial charge in [-0.25, -0.2) is 0 Å². The lowest BCUT2D eigenvalue weighted by molar-refractivity contribution is 0.103. The van der Waals surface area contributed by atoms with Crippen LogP contribution in [0.4, 0.5) is 0 Å². The summed E-state index contributed by atoms with van der Waals surface area (Å²) in [6, 6.07) is 15.7. The predicted octanol–water partition coefficient (Wildman–Crippen LogP) is 6.58. The minimum Gasteiger partial charge on any atom is -0.289 e. The second kappa shape index (κ2) is 9.67. The number of halogens is 1. The quantitative estimate of drug-likeness (QED) is 0.358. The molecule has 2 heteroatoms. The molecule has 0 radical (unpaired) electrons. The Bertz CT molecular complexity index is 616. The fourth-order valence-corrected chi connectivity index (χ4v) is 3.20. The Morgan fingerprint density at radius 1 is 0.870 bits per heavy atom. The normalized spacial score (nSPS) is 10.7. The van der Waals surface area contributed by atoms with Gasteiger partial charge in [-0.2, -0.15) is 0 Å². The van der Waals surface area contributed by atoms with E-state index in [1.165, 1.54) is 44.1 Å². The second-order valence-corrected chi connectivity index (χ2v) is 6.88. The van der Waals surface area contributed by atoms with Crippen LogP contribution in [0, 0.1) is 0 Å². The number of rotatable bonds is 9. The van der Waals surface area contributed by atoms with Crippen LogP contribution >= 0.6 is 15.9 Å². The average molecular weight is 373 g/mol. The highest BCUT2D eigenvalue weighted by Crippen LogP contribution is 2.20. The van der Waals surface area contributed by atoms with Gasteiger partial charge in [0.25, 0.3) is 0 Å². The minimum absolute atomic E-state index is 0.0728. The molecule has 0 saturated heterocycles. The molecule has 2 rings (SSSR count). The van der Waals surface area contributed by atoms with Crippen LogP contribution < -0.4 is 0 Å². The summed E-state index contributed by atoms with van der Waals surface area (Å²) in [5.41, 5.74) is 2.80. The Morgan fingerprint density at radius 3 is 2.22 bits per heavy atom. The standard InChI is InChI=1S/C21H25BrO/c1-2-3-4-5-6-7-10-17-13-15-18(16-14-17)21(23)19-11-8-9-12-20(19)22/h8-9,11-16H,2-7,10H2,1H3. The summed E-state index contributed by atoms with van der Waals surface area (Å²) in [6.07, 6.45) is 9.00. The summed E-state index contributed by atoms with van der Waals surface area (Å²) in [4.78, 5) is 12.5. The first-order valence-corrected chi connectivity index (χ1v) is 9.40. The van der Waals surface area contributed by atoms with E-state index in [1.54, 1.807) is 0 Å². The molecule has 0 fully saturated rings. The molecule has 0 aliphatic heterocycles. The number of carbonyl (C=O) groups is 1. The molecule has 1 nitrogen and oxygen atoms in total. The molecule has 0 atom stereocenters. The van der Waals surface area contributed by atoms with E-state index < -0.39 is 0 Å². The van der Waals surface area contributed by atoms with Crippen LogP contribution in [0.3, 0.4) is 0 Å². The van der Waals surface area contributed by atoms with E-state index in [9.17, 15) is 4.79 Å². The number of hydrogen-bond donors (Lipinski definition) is 0. The lowest BCUT2D eigenvalue weighted by Gasteiger charge is -2.06. The maximum atomic E-state index is 12.5. The van der Waals surface area contributed by atoms with E-state index in [0.29, 0.717) is 0 Å². The van der Waals surface area contributed by atoms with Crippen molar-refractivity contribution < 1.29 is 4.79 Å². The highest BCUT2D eigenvalue weighted by Gasteiger charge is 2.11. The smallest absolute Gasteiger partial charge is 0.194 e. The molecule has 0 aromatic heterocycles. The zero-order valence-corrected chi connectivity index (χ0v) is 15.4. The van der Waals surface area contributed by atoms with Gasteiger partial charge in [-0.15, -0.1) is 0 Å². The van der Waals surface area contributed by atoms with Gasteiger partial charge < -0.3 is 0 Å². The highest BCUT2D eigenvalue weighted by molar-refractivity contribution is 9.10. The van der Waals surface area contributed by atoms with Gasteiger partial charge in [0, 0.05) is 15.6 Å². The molecule has 0 aliphatic rings. The molecular formula is C21H25BrO. The van der Waals surface area contributed by atoms with Gasteiger partial charge in [-0.3, -0.25) is 4.79 Å². The monoisotopic (exact) mass is 372 g/mol. The third-order valence-corrected chi connectivity index (χ3v) is 4.85. The van der Waals surface area contributed by atoms with Crippen LogP contribution in [-0.2, 0) is 6.42 Å². The van der Waals surface area contributed by atoms with E-state index >= 15 is 0 Å². The van der Waals surface area contributed by atoms with Crippen LogP contribution in [0.1, 0.15) is 66.9 Å². The molecule has 0 unspecified atom stereocenters. The van der Waals surface area contributed by atoms with Crippen LogP contribution in [0.2, 0.25) is 0 Å². The summed E-state index contributed by atoms with van der Waals surface area (Å²) in [5.74, 6) is 0.0728. The Morgan fingerprint density at radius 2 is 1.52 bits per heavy atom. The summed E-state index contributed by atoms with van der Waals surface area (Å²) >= 11 is 3.45. The molecule has 0 aliphatic carbocycles. The maximum absolute atomic E-state index is 12.5. The van der Waals surface area contributed by atoms with Gasteiger partial charge in [-0.05, 0) is 30.5 Å². The summed E-state index contributed by atoms with van der Waals surface area (Å²) < 4.78 is 0.848. The Hall–Kier alpha value is -1.41. The van der Waals surface area contributed by atoms with E-state index in [-0.39, 0.29) is 5.78 Å². The Labute approximate surface area is 148 Å². The van der Waals surface area contributed by atoms with Gasteiger partial charge in [0.1, 0.15) is 0 Å². The van der Waals surface area contributed by atoms with Crippen molar-refractivity contribution in [3.05, 3.63) is 69.7 Å². The number of benzene rings is 2. The lowest BCUT2D eigenvalue weighted by atomic mass is 10.00. The molecule has 0 N–H and O–H groups in total. The minimum atomic E-state index is 0.0728. The molecule has 0 saturated carbocycles. The molecule has 0 heterocycles. The van der Waals surface area contributed by atoms with Gasteiger partial charge in [0.2, 0.25) is 0 Å². The Balaban J connectivity index is 1.87. The molecule has 0 amide bonds. The van der Waals surface area contributed by atoms with Gasteiger partial charge in [-0.1, -0.05) is 91.4 Å². The molecule has 23 heavy (non-hydrogen) atoms. The van der Waals surface area contributed by atoms with Gasteiger partial charge >= 0.3 is 0 Å². The van der Waals surface area contributed by atoms with Gasteiger partial charge in [0.15, 0.2) is 5.78 Å². The highest BCUT2D eigenvalue weighted by atomic mass is 79.9. The summed E-state index contributed by atoms with van der Waals surface area (Å²) in [5, 5.41) is 0. The number of unbranched alkanes of at least 4 members (excludes halogenated alkanes) is 5. The van der Waals surface area contributed by atoms with Crippen molar-refractivity contribution in [3.63, 3.8) is 0 Å². The molecule has 0 spiro atoms. The first-order chi connectivity index (χ1) is 11.2. The van der Waals surface area contributed by atoms with Crippen molar-refractivity contribution in [1.82, 2.24) is 0 Å². The van der Waals surface area contributed by atoms with E-state index in [0.717, 1.165) is 22.0 Å². The molecule has 2 aromatic carbocycles. The molecule has 0 bridgehead atoms. The largest absolute Gasteiger partial charge is 0.289 e. The molecular weight excluding hydrogens is 348 g/mol. The third kappa shape index (κ3) is 5.62. The number of hydrogen-bond acceptors (Lipinski definition) is 1. The first kappa shape index (κ1) is 17.9. The summed E-state index contributed by atoms with van der Waals surface area (Å²) in [7, 11) is 0. The maximum Gasteiger partial charge on any atom is 0.194 e. The van der Waals surface area contributed by atoms with Crippen LogP contribution in [0.15, 0.2) is 53.0 Å². The third-order valence-electron chi connectivity index (χ3n) is 4.15. The predicted molar refractivity (Wildman–Crippen MR) is 101 cm³/mol. The second-order valence-electron chi connectivity index (χ2n) is 6.02. The Kier molecular flexibility index (Phi) is 7.54. The lowest BCUT2D eigenvalue weighted by Crippen LogP contribution is -2.02. The van der Waals surface area contributed by atoms with Gasteiger partial charge in [0.05, 0.1) is 0 Å². The van der Waals surface area contributed by atoms with Crippen LogP contribution in [0.25, 0.3) is 0 Å². The van der Waals surface area contributed by atoms with Crippen molar-refractivity contribution in [3.8, 4) is 0 Å². The van der Waals surface area contributed by atoms with Crippen molar-refractivity contribution in [2.45, 2.75) is 51.9 Å². The van der Waals surface area contributed by atoms with Crippen LogP contribution in [0.5, 0.6) is 0 Å². The zero-order chi connectivity index (χ0) is 16.5. The number of carbonyl (C=O) groups excluding carboxylic acids is 1. The topological polar surface area (TPSA) is 17.1 Å². The molecule has 2 aromatic rings. The van der Waals surface area contributed by atoms with E-state index in [2.05, 4.69) is 35.0 Å². The fourth-order valence-electron chi connectivity index (χ4n) is 2.73. The van der Waals surface area contributed by atoms with Crippen LogP contribution in [-0.4, -0.2) is 5.78 Å². The first-order valence-electron chi connectivity index (χ1n) is 8.60. The van der Waals surface area contributed by atoms with Crippen molar-refractivity contribution in [1.29, 1.82) is 0 Å². The van der Waals surface area contributed by atoms with Crippen molar-refractivity contribution in [2.75, 3.05) is 0 Å². The number of aryl methyl sites for hydroxylation is 1. The SMILES string of the molecule is CCCCCCCCc1ccc(C(=O)c2ccccc2Br)cc1. The van der Waals surface area contributed by atoms with Crippen molar-refractivity contribution >= 4 is 21.7 Å². The van der Waals surface area contributed by atoms with E-state index in [1.807, 2.05) is 36.4 Å². The zero-order valence-electron chi connectivity index (χ0n) is 13.9. The number of ketones is 1. The fraction of sp³-hybridized carbons (Fsp3) is 0.381. The molecule has 122 valence electrons.